The fourth-order valence-electron chi connectivity index (χ4n) is 1.63. The molecule has 0 heterocycles. The molecular weight excluding hydrogens is 284 g/mol. The van der Waals surface area contributed by atoms with Crippen molar-refractivity contribution in [2.75, 3.05) is 26.9 Å². The minimum atomic E-state index is -3.78. The minimum absolute atomic E-state index is 0.0513. The van der Waals surface area contributed by atoms with Crippen LogP contribution in [0.4, 0.5) is 0 Å². The lowest BCUT2D eigenvalue weighted by atomic mass is 10.2. The predicted molar refractivity (Wildman–Crippen MR) is 74.5 cm³/mol. The van der Waals surface area contributed by atoms with Crippen LogP contribution in [0.1, 0.15) is 19.3 Å². The Balaban J connectivity index is 2.55. The Hall–Kier alpha value is -0.960. The van der Waals surface area contributed by atoms with Crippen molar-refractivity contribution in [3.63, 3.8) is 0 Å². The molecule has 0 saturated heterocycles. The van der Waals surface area contributed by atoms with E-state index in [1.807, 2.05) is 4.72 Å². The van der Waals surface area contributed by atoms with Gasteiger partial charge < -0.3 is 15.2 Å². The van der Waals surface area contributed by atoms with Crippen LogP contribution in [0.15, 0.2) is 12.7 Å². The van der Waals surface area contributed by atoms with E-state index in [4.69, 9.17) is 15.2 Å². The van der Waals surface area contributed by atoms with Crippen LogP contribution in [0.2, 0.25) is 0 Å². The topological polar surface area (TPSA) is 108 Å². The second kappa shape index (κ2) is 7.16. The molecule has 0 bridgehead atoms. The van der Waals surface area contributed by atoms with Crippen molar-refractivity contribution in [1.29, 1.82) is 0 Å². The monoisotopic (exact) mass is 306 g/mol. The van der Waals surface area contributed by atoms with Crippen LogP contribution in [-0.2, 0) is 24.3 Å². The molecule has 8 heteroatoms. The minimum Gasteiger partial charge on any atom is -0.382 e. The van der Waals surface area contributed by atoms with E-state index in [0.717, 1.165) is 0 Å². The van der Waals surface area contributed by atoms with Crippen molar-refractivity contribution < 1.29 is 22.7 Å². The van der Waals surface area contributed by atoms with Crippen LogP contribution in [0.3, 0.4) is 0 Å². The molecule has 0 spiro atoms. The normalized spacial score (nSPS) is 18.3. The molecule has 3 N–H and O–H groups in total. The molecule has 1 saturated carbocycles. The molecule has 1 amide bonds. The summed E-state index contributed by atoms with van der Waals surface area (Å²) in [5.41, 5.74) is 5.54. The van der Waals surface area contributed by atoms with Gasteiger partial charge in [-0.25, -0.2) is 8.42 Å². The molecule has 0 aliphatic heterocycles. The van der Waals surface area contributed by atoms with E-state index in [2.05, 4.69) is 6.58 Å². The first-order valence-electron chi connectivity index (χ1n) is 6.38. The van der Waals surface area contributed by atoms with E-state index in [-0.39, 0.29) is 13.0 Å². The Morgan fingerprint density at radius 2 is 2.15 bits per heavy atom. The number of methoxy groups -OCH3 is 1. The van der Waals surface area contributed by atoms with Gasteiger partial charge in [0.25, 0.3) is 5.91 Å². The van der Waals surface area contributed by atoms with Crippen LogP contribution in [0.5, 0.6) is 0 Å². The number of carbonyl (C=O) groups is 1. The summed E-state index contributed by atoms with van der Waals surface area (Å²) in [7, 11) is -2.24. The zero-order chi connectivity index (χ0) is 15.2. The van der Waals surface area contributed by atoms with Crippen LogP contribution in [0.25, 0.3) is 0 Å². The molecule has 0 aromatic heterocycles. The van der Waals surface area contributed by atoms with E-state index >= 15 is 0 Å². The number of rotatable bonds is 10. The highest BCUT2D eigenvalue weighted by Gasteiger charge is 2.55. The summed E-state index contributed by atoms with van der Waals surface area (Å²) in [6, 6.07) is -0.910. The number of carbonyl (C=O) groups excluding carboxylic acids is 1. The summed E-state index contributed by atoms with van der Waals surface area (Å²) in [6.45, 7) is 4.22. The summed E-state index contributed by atoms with van der Waals surface area (Å²) in [6.07, 6.45) is 2.63. The van der Waals surface area contributed by atoms with E-state index in [1.54, 1.807) is 0 Å². The van der Waals surface area contributed by atoms with E-state index < -0.39 is 26.7 Å². The summed E-state index contributed by atoms with van der Waals surface area (Å²) in [4.78, 5) is 11.7. The third-order valence-electron chi connectivity index (χ3n) is 3.17. The van der Waals surface area contributed by atoms with Gasteiger partial charge in [0.05, 0.1) is 25.9 Å². The molecule has 1 rings (SSSR count). The molecule has 0 aromatic carbocycles. The lowest BCUT2D eigenvalue weighted by Gasteiger charge is -2.18. The maximum atomic E-state index is 12.2. The average molecular weight is 306 g/mol. The number of hydrogen-bond acceptors (Lipinski definition) is 6. The van der Waals surface area contributed by atoms with Gasteiger partial charge >= 0.3 is 0 Å². The third-order valence-corrected chi connectivity index (χ3v) is 5.30. The Bertz CT molecular complexity index is 445. The molecule has 1 unspecified atom stereocenters. The van der Waals surface area contributed by atoms with Crippen LogP contribution in [-0.4, -0.2) is 52.0 Å². The standard InChI is InChI=1S/C12H22N2O5S/c1-3-4-10(13)11(15)14-20(16,17)12(5-6-12)9-19-8-7-18-2/h3,10H,1,4-9,13H2,2H3,(H,14,15). The smallest absolute Gasteiger partial charge is 0.250 e. The molecule has 0 radical (unpaired) electrons. The maximum absolute atomic E-state index is 12.2. The highest BCUT2D eigenvalue weighted by Crippen LogP contribution is 2.43. The van der Waals surface area contributed by atoms with E-state index in [1.165, 1.54) is 13.2 Å². The second-order valence-electron chi connectivity index (χ2n) is 4.83. The van der Waals surface area contributed by atoms with Gasteiger partial charge in [-0.05, 0) is 19.3 Å². The molecule has 116 valence electrons. The number of amides is 1. The average Bonchev–Trinajstić information content (AvgIpc) is 3.16. The third kappa shape index (κ3) is 4.27. The summed E-state index contributed by atoms with van der Waals surface area (Å²) in [5.74, 6) is -0.715. The first-order valence-corrected chi connectivity index (χ1v) is 7.86. The van der Waals surface area contributed by atoms with Gasteiger partial charge in [0.2, 0.25) is 10.0 Å². The number of hydrogen-bond donors (Lipinski definition) is 2. The zero-order valence-corrected chi connectivity index (χ0v) is 12.4. The lowest BCUT2D eigenvalue weighted by Crippen LogP contribution is -2.48. The summed E-state index contributed by atoms with van der Waals surface area (Å²) < 4.78 is 35.5. The Kier molecular flexibility index (Phi) is 6.12. The molecule has 1 aliphatic carbocycles. The predicted octanol–water partition coefficient (Wildman–Crippen LogP) is -0.469. The van der Waals surface area contributed by atoms with Crippen molar-refractivity contribution >= 4 is 15.9 Å². The number of ether oxygens (including phenoxy) is 2. The maximum Gasteiger partial charge on any atom is 0.250 e. The zero-order valence-electron chi connectivity index (χ0n) is 11.6. The second-order valence-corrected chi connectivity index (χ2v) is 6.91. The SMILES string of the molecule is C=CCC(N)C(=O)NS(=O)(=O)C1(COCCOC)CC1. The van der Waals surface area contributed by atoms with Crippen molar-refractivity contribution in [1.82, 2.24) is 4.72 Å². The molecule has 1 aliphatic rings. The van der Waals surface area contributed by atoms with Gasteiger partial charge in [-0.1, -0.05) is 6.08 Å². The van der Waals surface area contributed by atoms with E-state index in [9.17, 15) is 13.2 Å². The molecule has 1 atom stereocenters. The Morgan fingerprint density at radius 3 is 2.65 bits per heavy atom. The van der Waals surface area contributed by atoms with Gasteiger partial charge in [0, 0.05) is 7.11 Å². The van der Waals surface area contributed by atoms with Gasteiger partial charge in [-0.2, -0.15) is 0 Å². The van der Waals surface area contributed by atoms with Crippen molar-refractivity contribution in [3.05, 3.63) is 12.7 Å². The Morgan fingerprint density at radius 1 is 1.50 bits per heavy atom. The van der Waals surface area contributed by atoms with Gasteiger partial charge in [0.15, 0.2) is 0 Å². The first kappa shape index (κ1) is 17.1. The van der Waals surface area contributed by atoms with Crippen LogP contribution in [0, 0.1) is 0 Å². The summed E-state index contributed by atoms with van der Waals surface area (Å²) in [5, 5.41) is 0. The van der Waals surface area contributed by atoms with Crippen molar-refractivity contribution in [2.24, 2.45) is 5.73 Å². The van der Waals surface area contributed by atoms with Gasteiger partial charge in [-0.3, -0.25) is 9.52 Å². The first-order chi connectivity index (χ1) is 9.38. The lowest BCUT2D eigenvalue weighted by molar-refractivity contribution is -0.120. The quantitative estimate of drug-likeness (QED) is 0.417. The molecule has 7 nitrogen and oxygen atoms in total. The van der Waals surface area contributed by atoms with Crippen LogP contribution >= 0.6 is 0 Å². The molecule has 1 fully saturated rings. The van der Waals surface area contributed by atoms with Crippen molar-refractivity contribution in [2.45, 2.75) is 30.1 Å². The van der Waals surface area contributed by atoms with Crippen molar-refractivity contribution in [3.8, 4) is 0 Å². The largest absolute Gasteiger partial charge is 0.382 e. The van der Waals surface area contributed by atoms with E-state index in [0.29, 0.717) is 26.1 Å². The van der Waals surface area contributed by atoms with Gasteiger partial charge in [0.1, 0.15) is 4.75 Å². The number of nitrogens with one attached hydrogen (secondary N) is 1. The number of sulfonamides is 1. The highest BCUT2D eigenvalue weighted by atomic mass is 32.2. The Labute approximate surface area is 119 Å². The molecule has 20 heavy (non-hydrogen) atoms. The highest BCUT2D eigenvalue weighted by molar-refractivity contribution is 7.91. The summed E-state index contributed by atoms with van der Waals surface area (Å²) >= 11 is 0. The van der Waals surface area contributed by atoms with Gasteiger partial charge in [-0.15, -0.1) is 6.58 Å². The van der Waals surface area contributed by atoms with Crippen LogP contribution < -0.4 is 10.5 Å². The number of nitrogens with two attached hydrogens (primary N) is 1. The molecule has 0 aromatic rings. The molecular formula is C12H22N2O5S. The fourth-order valence-corrected chi connectivity index (χ4v) is 3.14. The fraction of sp³-hybridized carbons (Fsp3) is 0.750.